The lowest BCUT2D eigenvalue weighted by molar-refractivity contribution is -0.140. The van der Waals surface area contributed by atoms with Gasteiger partial charge < -0.3 is 26.0 Å². The lowest BCUT2D eigenvalue weighted by Crippen LogP contribution is -2.51. The molecule has 20 heavy (non-hydrogen) atoms. The fourth-order valence-corrected chi connectivity index (χ4v) is 1.43. The first-order valence-electron chi connectivity index (χ1n) is 6.02. The Morgan fingerprint density at radius 1 is 0.900 bits per heavy atom. The molecule has 2 atom stereocenters. The Balaban J connectivity index is 4.47. The molecule has 0 aromatic heterocycles. The molecule has 5 N–H and O–H groups in total. The maximum atomic E-state index is 11.5. The van der Waals surface area contributed by atoms with E-state index < -0.39 is 42.4 Å². The van der Waals surface area contributed by atoms with Gasteiger partial charge in [0, 0.05) is 6.42 Å². The van der Waals surface area contributed by atoms with Crippen LogP contribution in [0.3, 0.4) is 0 Å². The van der Waals surface area contributed by atoms with Crippen LogP contribution in [-0.4, -0.2) is 51.3 Å². The summed E-state index contributed by atoms with van der Waals surface area (Å²) in [6.45, 7) is 1.74. The minimum Gasteiger partial charge on any atom is -0.481 e. The van der Waals surface area contributed by atoms with Gasteiger partial charge >= 0.3 is 23.9 Å². The molecule has 0 saturated heterocycles. The van der Waals surface area contributed by atoms with Crippen LogP contribution < -0.4 is 10.6 Å². The number of carbonyl (C=O) groups excluding carboxylic acids is 1. The Morgan fingerprint density at radius 2 is 1.35 bits per heavy atom. The summed E-state index contributed by atoms with van der Waals surface area (Å²) >= 11 is 0. The maximum Gasteiger partial charge on any atom is 0.326 e. The molecule has 0 aromatic rings. The first kappa shape index (κ1) is 17.7. The average molecular weight is 290 g/mol. The van der Waals surface area contributed by atoms with E-state index in [-0.39, 0.29) is 12.8 Å². The van der Waals surface area contributed by atoms with Gasteiger partial charge in [0.1, 0.15) is 12.1 Å². The van der Waals surface area contributed by atoms with Crippen LogP contribution in [-0.2, 0) is 14.4 Å². The highest BCUT2D eigenvalue weighted by Crippen LogP contribution is 2.00. The number of amides is 2. The van der Waals surface area contributed by atoms with E-state index in [0.29, 0.717) is 6.42 Å². The summed E-state index contributed by atoms with van der Waals surface area (Å²) in [4.78, 5) is 43.5. The Morgan fingerprint density at radius 3 is 1.70 bits per heavy atom. The van der Waals surface area contributed by atoms with Crippen LogP contribution in [0, 0.1) is 0 Å². The van der Waals surface area contributed by atoms with Crippen molar-refractivity contribution in [2.24, 2.45) is 0 Å². The minimum atomic E-state index is -1.39. The summed E-state index contributed by atoms with van der Waals surface area (Å²) in [5.74, 6) is -3.80. The minimum absolute atomic E-state index is 0.204. The third kappa shape index (κ3) is 7.19. The van der Waals surface area contributed by atoms with Gasteiger partial charge in [-0.25, -0.2) is 14.4 Å². The van der Waals surface area contributed by atoms with Crippen molar-refractivity contribution in [3.8, 4) is 0 Å². The third-order valence-corrected chi connectivity index (χ3v) is 2.43. The number of hydrogen-bond acceptors (Lipinski definition) is 4. The third-order valence-electron chi connectivity index (χ3n) is 2.43. The van der Waals surface area contributed by atoms with Gasteiger partial charge in [-0.15, -0.1) is 0 Å². The summed E-state index contributed by atoms with van der Waals surface area (Å²) in [5, 5.41) is 30.3. The fraction of sp³-hybridized carbons (Fsp3) is 0.636. The Kier molecular flexibility index (Phi) is 7.71. The monoisotopic (exact) mass is 290 g/mol. The molecule has 0 radical (unpaired) electrons. The zero-order chi connectivity index (χ0) is 15.7. The van der Waals surface area contributed by atoms with Crippen LogP contribution in [0.2, 0.25) is 0 Å². The van der Waals surface area contributed by atoms with Crippen molar-refractivity contribution in [3.63, 3.8) is 0 Å². The Bertz CT molecular complexity index is 383. The molecular weight excluding hydrogens is 272 g/mol. The first-order valence-corrected chi connectivity index (χ1v) is 6.02. The molecular formula is C11H18N2O7. The summed E-state index contributed by atoms with van der Waals surface area (Å²) in [5.41, 5.74) is 0. The van der Waals surface area contributed by atoms with Crippen molar-refractivity contribution in [1.82, 2.24) is 10.6 Å². The van der Waals surface area contributed by atoms with Gasteiger partial charge in [0.15, 0.2) is 0 Å². The molecule has 0 fully saturated rings. The molecule has 9 nitrogen and oxygen atoms in total. The number of urea groups is 1. The van der Waals surface area contributed by atoms with Crippen LogP contribution in [0.15, 0.2) is 0 Å². The van der Waals surface area contributed by atoms with Crippen LogP contribution in [0.4, 0.5) is 4.79 Å². The van der Waals surface area contributed by atoms with Crippen molar-refractivity contribution in [2.45, 2.75) is 44.7 Å². The van der Waals surface area contributed by atoms with E-state index >= 15 is 0 Å². The van der Waals surface area contributed by atoms with Crippen molar-refractivity contribution in [2.75, 3.05) is 0 Å². The molecule has 0 aliphatic rings. The van der Waals surface area contributed by atoms with Gasteiger partial charge in [-0.05, 0) is 12.8 Å². The largest absolute Gasteiger partial charge is 0.481 e. The summed E-state index contributed by atoms with van der Waals surface area (Å²) in [6, 6.07) is -3.46. The van der Waals surface area contributed by atoms with Crippen LogP contribution in [0.25, 0.3) is 0 Å². The number of carboxylic acid groups (broad SMARTS) is 3. The van der Waals surface area contributed by atoms with Gasteiger partial charge in [0.2, 0.25) is 0 Å². The Hall–Kier alpha value is -2.32. The molecule has 0 aromatic carbocycles. The van der Waals surface area contributed by atoms with E-state index in [1.165, 1.54) is 0 Å². The number of hydrogen-bond donors (Lipinski definition) is 5. The fourth-order valence-electron chi connectivity index (χ4n) is 1.43. The number of carbonyl (C=O) groups is 4. The number of carboxylic acids is 3. The standard InChI is InChI=1S/C11H18N2O7/c1-2-3-6(9(16)17)12-11(20)13-7(10(18)19)4-5-8(14)15/h6-7H,2-5H2,1H3,(H,14,15)(H,16,17)(H,18,19)(H2,12,13,20)/t6-,7-/m0/s1. The summed E-state index contributed by atoms with van der Waals surface area (Å²) < 4.78 is 0. The van der Waals surface area contributed by atoms with Crippen molar-refractivity contribution >= 4 is 23.9 Å². The molecule has 0 aliphatic carbocycles. The van der Waals surface area contributed by atoms with Crippen LogP contribution in [0.1, 0.15) is 32.6 Å². The second-order valence-corrected chi connectivity index (χ2v) is 4.12. The van der Waals surface area contributed by atoms with Crippen molar-refractivity contribution < 1.29 is 34.5 Å². The molecule has 0 heterocycles. The van der Waals surface area contributed by atoms with E-state index in [9.17, 15) is 19.2 Å². The molecule has 0 saturated carbocycles. The zero-order valence-corrected chi connectivity index (χ0v) is 11.0. The molecule has 0 bridgehead atoms. The lowest BCUT2D eigenvalue weighted by Gasteiger charge is -2.17. The van der Waals surface area contributed by atoms with E-state index in [1.54, 1.807) is 6.92 Å². The highest BCUT2D eigenvalue weighted by atomic mass is 16.4. The second-order valence-electron chi connectivity index (χ2n) is 4.12. The number of nitrogens with one attached hydrogen (secondary N) is 2. The van der Waals surface area contributed by atoms with E-state index in [0.717, 1.165) is 0 Å². The second kappa shape index (κ2) is 8.73. The predicted octanol–water partition coefficient (Wildman–Crippen LogP) is -0.143. The SMILES string of the molecule is CCC[C@H](NC(=O)N[C@@H](CCC(=O)O)C(=O)O)C(=O)O. The predicted molar refractivity (Wildman–Crippen MR) is 66.3 cm³/mol. The van der Waals surface area contributed by atoms with Gasteiger partial charge in [-0.3, -0.25) is 4.79 Å². The molecule has 0 spiro atoms. The molecule has 0 aliphatic heterocycles. The van der Waals surface area contributed by atoms with Gasteiger partial charge in [0.25, 0.3) is 0 Å². The molecule has 0 rings (SSSR count). The highest BCUT2D eigenvalue weighted by molar-refractivity contribution is 5.86. The normalized spacial score (nSPS) is 13.1. The quantitative estimate of drug-likeness (QED) is 0.396. The maximum absolute atomic E-state index is 11.5. The van der Waals surface area contributed by atoms with Crippen molar-refractivity contribution in [1.29, 1.82) is 0 Å². The van der Waals surface area contributed by atoms with E-state index in [4.69, 9.17) is 15.3 Å². The number of rotatable bonds is 9. The van der Waals surface area contributed by atoms with Crippen LogP contribution in [0.5, 0.6) is 0 Å². The Labute approximate surface area is 115 Å². The van der Waals surface area contributed by atoms with E-state index in [1.807, 2.05) is 5.32 Å². The smallest absolute Gasteiger partial charge is 0.326 e. The lowest BCUT2D eigenvalue weighted by atomic mass is 10.1. The molecule has 2 amide bonds. The van der Waals surface area contributed by atoms with Gasteiger partial charge in [-0.2, -0.15) is 0 Å². The molecule has 9 heteroatoms. The van der Waals surface area contributed by atoms with Gasteiger partial charge in [-0.1, -0.05) is 13.3 Å². The topological polar surface area (TPSA) is 153 Å². The highest BCUT2D eigenvalue weighted by Gasteiger charge is 2.24. The molecule has 114 valence electrons. The van der Waals surface area contributed by atoms with Crippen molar-refractivity contribution in [3.05, 3.63) is 0 Å². The number of aliphatic carboxylic acids is 3. The van der Waals surface area contributed by atoms with Gasteiger partial charge in [0.05, 0.1) is 0 Å². The first-order chi connectivity index (χ1) is 9.27. The summed E-state index contributed by atoms with van der Waals surface area (Å²) in [7, 11) is 0. The molecule has 0 unspecified atom stereocenters. The summed E-state index contributed by atoms with van der Waals surface area (Å²) in [6.07, 6.45) is 0.0202. The average Bonchev–Trinajstić information content (AvgIpc) is 2.33. The van der Waals surface area contributed by atoms with Crippen LogP contribution >= 0.6 is 0 Å². The zero-order valence-electron chi connectivity index (χ0n) is 11.0. The van der Waals surface area contributed by atoms with E-state index in [2.05, 4.69) is 5.32 Å².